The normalized spacial score (nSPS) is 9.81. The third kappa shape index (κ3) is 9.17. The summed E-state index contributed by atoms with van der Waals surface area (Å²) in [6.07, 6.45) is 0. The highest BCUT2D eigenvalue weighted by atomic mass is 127. The first-order chi connectivity index (χ1) is 17.1. The third-order valence-electron chi connectivity index (χ3n) is 4.52. The van der Waals surface area contributed by atoms with E-state index in [0.717, 1.165) is 27.5 Å². The van der Waals surface area contributed by atoms with Gasteiger partial charge in [0.05, 0.1) is 17.8 Å². The summed E-state index contributed by atoms with van der Waals surface area (Å²) in [5, 5.41) is 17.0. The molecule has 0 saturated heterocycles. The highest BCUT2D eigenvalue weighted by Crippen LogP contribution is 2.30. The quantitative estimate of drug-likeness (QED) is 0.180. The van der Waals surface area contributed by atoms with Gasteiger partial charge in [0.25, 0.3) is 0 Å². The molecular formula is C26H22BF4IO4. The van der Waals surface area contributed by atoms with Crippen molar-refractivity contribution >= 4 is 35.2 Å². The molecule has 0 aliphatic carbocycles. The molecule has 188 valence electrons. The molecule has 0 amide bonds. The van der Waals surface area contributed by atoms with Crippen LogP contribution < -0.4 is 14.9 Å². The molecule has 0 aliphatic heterocycles. The molecule has 10 heteroatoms. The molecule has 4 nitrogen and oxygen atoms in total. The number of rotatable bonds is 4. The predicted octanol–water partition coefficient (Wildman–Crippen LogP) is 5.58. The molecule has 0 atom stereocenters. The van der Waals surface area contributed by atoms with Gasteiger partial charge in [-0.25, -0.2) is 17.6 Å². The minimum absolute atomic E-state index is 0.192. The smallest absolute Gasteiger partial charge is 0.488 e. The van der Waals surface area contributed by atoms with Gasteiger partial charge in [-0.2, -0.15) is 0 Å². The first-order valence-corrected chi connectivity index (χ1v) is 11.4. The van der Waals surface area contributed by atoms with Gasteiger partial charge < -0.3 is 19.5 Å². The van der Waals surface area contributed by atoms with Crippen LogP contribution in [0.2, 0.25) is 0 Å². The lowest BCUT2D eigenvalue weighted by atomic mass is 9.80. The van der Waals surface area contributed by atoms with Crippen molar-refractivity contribution in [3.8, 4) is 22.6 Å². The molecule has 0 heterocycles. The zero-order valence-electron chi connectivity index (χ0n) is 19.3. The molecule has 2 N–H and O–H groups in total. The van der Waals surface area contributed by atoms with Gasteiger partial charge in [-0.05, 0) is 76.1 Å². The first kappa shape index (κ1) is 29.1. The fourth-order valence-electron chi connectivity index (χ4n) is 2.93. The van der Waals surface area contributed by atoms with Gasteiger partial charge in [0.15, 0.2) is 0 Å². The van der Waals surface area contributed by atoms with Crippen LogP contribution in [0.4, 0.5) is 17.6 Å². The van der Waals surface area contributed by atoms with Crippen LogP contribution in [0.25, 0.3) is 11.1 Å². The summed E-state index contributed by atoms with van der Waals surface area (Å²) in [5.74, 6) is -1.31. The minimum atomic E-state index is -1.83. The Morgan fingerprint density at radius 1 is 0.639 bits per heavy atom. The number of hydrogen-bond acceptors (Lipinski definition) is 4. The highest BCUT2D eigenvalue weighted by molar-refractivity contribution is 14.1. The summed E-state index contributed by atoms with van der Waals surface area (Å²) in [6, 6.07) is 20.8. The molecule has 0 bridgehead atoms. The average molecular weight is 612 g/mol. The number of para-hydroxylation sites is 2. The Labute approximate surface area is 220 Å². The molecule has 0 unspecified atom stereocenters. The Hall–Kier alpha value is -3.09. The van der Waals surface area contributed by atoms with Gasteiger partial charge >= 0.3 is 7.12 Å². The van der Waals surface area contributed by atoms with Crippen molar-refractivity contribution in [2.45, 2.75) is 0 Å². The standard InChI is InChI=1S/C13H10F2O.C7H7IO.C6H5BF2O2/c1-16-13-5-3-2-4-12(13)9-6-10(14)8-11(15)7-9;1-9-7-5-3-2-4-6(7)8;8-5-1-4(7(10)11)2-6(9)3-5/h2-8H,1H3;2-5H,1H3;1-3,10-11H. The van der Waals surface area contributed by atoms with Gasteiger partial charge in [0, 0.05) is 17.7 Å². The van der Waals surface area contributed by atoms with E-state index in [2.05, 4.69) is 22.6 Å². The van der Waals surface area contributed by atoms with Crippen LogP contribution in [0.1, 0.15) is 0 Å². The van der Waals surface area contributed by atoms with Crippen molar-refractivity contribution in [1.82, 2.24) is 0 Å². The number of methoxy groups -OCH3 is 2. The van der Waals surface area contributed by atoms with Crippen molar-refractivity contribution in [1.29, 1.82) is 0 Å². The fraction of sp³-hybridized carbons (Fsp3) is 0.0769. The predicted molar refractivity (Wildman–Crippen MR) is 140 cm³/mol. The second kappa shape index (κ2) is 14.5. The summed E-state index contributed by atoms with van der Waals surface area (Å²) in [4.78, 5) is 0. The van der Waals surface area contributed by atoms with E-state index in [0.29, 0.717) is 22.9 Å². The minimum Gasteiger partial charge on any atom is -0.496 e. The van der Waals surface area contributed by atoms with E-state index in [4.69, 9.17) is 19.5 Å². The molecule has 0 aromatic heterocycles. The first-order valence-electron chi connectivity index (χ1n) is 10.3. The zero-order valence-corrected chi connectivity index (χ0v) is 21.4. The lowest BCUT2D eigenvalue weighted by Gasteiger charge is -2.08. The van der Waals surface area contributed by atoms with Gasteiger partial charge in [-0.1, -0.05) is 30.3 Å². The van der Waals surface area contributed by atoms with Gasteiger partial charge in [0.2, 0.25) is 0 Å². The van der Waals surface area contributed by atoms with Crippen molar-refractivity contribution in [2.75, 3.05) is 14.2 Å². The molecule has 0 spiro atoms. The van der Waals surface area contributed by atoms with Gasteiger partial charge in [-0.3, -0.25) is 0 Å². The highest BCUT2D eigenvalue weighted by Gasteiger charge is 2.12. The second-order valence-electron chi connectivity index (χ2n) is 7.07. The van der Waals surface area contributed by atoms with E-state index in [9.17, 15) is 17.6 Å². The van der Waals surface area contributed by atoms with Crippen LogP contribution in [0, 0.1) is 26.8 Å². The monoisotopic (exact) mass is 612 g/mol. The molecule has 4 rings (SSSR count). The second-order valence-corrected chi connectivity index (χ2v) is 8.23. The number of hydrogen-bond donors (Lipinski definition) is 2. The largest absolute Gasteiger partial charge is 0.496 e. The third-order valence-corrected chi connectivity index (χ3v) is 5.41. The SMILES string of the molecule is COc1ccccc1-c1cc(F)cc(F)c1.COc1ccccc1I.OB(O)c1cc(F)cc(F)c1. The van der Waals surface area contributed by atoms with E-state index in [1.165, 1.54) is 19.2 Å². The van der Waals surface area contributed by atoms with Crippen molar-refractivity contribution in [2.24, 2.45) is 0 Å². The summed E-state index contributed by atoms with van der Waals surface area (Å²) in [5.41, 5.74) is 0.945. The molecule has 0 saturated carbocycles. The number of halogens is 5. The Morgan fingerprint density at radius 3 is 1.53 bits per heavy atom. The summed E-state index contributed by atoms with van der Waals surface area (Å²) < 4.78 is 62.1. The molecule has 0 radical (unpaired) electrons. The molecular weight excluding hydrogens is 590 g/mol. The molecule has 36 heavy (non-hydrogen) atoms. The summed E-state index contributed by atoms with van der Waals surface area (Å²) in [7, 11) is 1.37. The van der Waals surface area contributed by atoms with E-state index in [1.807, 2.05) is 24.3 Å². The Balaban J connectivity index is 0.000000200. The molecule has 4 aromatic carbocycles. The van der Waals surface area contributed by atoms with Gasteiger partial charge in [-0.15, -0.1) is 0 Å². The Kier molecular flexibility index (Phi) is 11.7. The van der Waals surface area contributed by atoms with E-state index in [-0.39, 0.29) is 5.46 Å². The van der Waals surface area contributed by atoms with Gasteiger partial charge in [0.1, 0.15) is 34.8 Å². The van der Waals surface area contributed by atoms with Crippen LogP contribution in [-0.4, -0.2) is 31.4 Å². The average Bonchev–Trinajstić information content (AvgIpc) is 2.84. The van der Waals surface area contributed by atoms with E-state index < -0.39 is 30.4 Å². The Bertz CT molecular complexity index is 1230. The molecule has 0 fully saturated rings. The lowest BCUT2D eigenvalue weighted by Crippen LogP contribution is -2.30. The maximum atomic E-state index is 13.1. The fourth-order valence-corrected chi connectivity index (χ4v) is 3.53. The van der Waals surface area contributed by atoms with Crippen LogP contribution in [-0.2, 0) is 0 Å². The van der Waals surface area contributed by atoms with Crippen LogP contribution in [0.15, 0.2) is 84.9 Å². The summed E-state index contributed by atoms with van der Waals surface area (Å²) in [6.45, 7) is 0. The van der Waals surface area contributed by atoms with E-state index >= 15 is 0 Å². The lowest BCUT2D eigenvalue weighted by molar-refractivity contribution is 0.412. The number of benzene rings is 4. The maximum Gasteiger partial charge on any atom is 0.488 e. The van der Waals surface area contributed by atoms with Crippen molar-refractivity contribution in [3.05, 3.63) is 112 Å². The van der Waals surface area contributed by atoms with Crippen LogP contribution >= 0.6 is 22.6 Å². The van der Waals surface area contributed by atoms with Crippen molar-refractivity contribution < 1.29 is 37.1 Å². The van der Waals surface area contributed by atoms with Crippen LogP contribution in [0.5, 0.6) is 11.5 Å². The van der Waals surface area contributed by atoms with E-state index in [1.54, 1.807) is 31.4 Å². The Morgan fingerprint density at radius 2 is 1.08 bits per heavy atom. The number of ether oxygens (including phenoxy) is 2. The topological polar surface area (TPSA) is 58.9 Å². The molecule has 0 aliphatic rings. The summed E-state index contributed by atoms with van der Waals surface area (Å²) >= 11 is 2.24. The molecule has 4 aromatic rings. The zero-order chi connectivity index (χ0) is 26.7. The van der Waals surface area contributed by atoms with Crippen LogP contribution in [0.3, 0.4) is 0 Å². The van der Waals surface area contributed by atoms with Crippen molar-refractivity contribution in [3.63, 3.8) is 0 Å². The maximum absolute atomic E-state index is 13.1.